The number of fused-ring (bicyclic) bond motifs is 1. The van der Waals surface area contributed by atoms with Crippen molar-refractivity contribution in [2.75, 3.05) is 13.2 Å². The first-order valence-corrected chi connectivity index (χ1v) is 11.2. The minimum absolute atomic E-state index is 0. The molecule has 0 radical (unpaired) electrons. The minimum atomic E-state index is 0. The summed E-state index contributed by atoms with van der Waals surface area (Å²) in [6.45, 7) is 3.14. The zero-order valence-electron chi connectivity index (χ0n) is 20.1. The van der Waals surface area contributed by atoms with Crippen molar-refractivity contribution in [2.24, 2.45) is 0 Å². The summed E-state index contributed by atoms with van der Waals surface area (Å²) in [5, 5.41) is 20.5. The van der Waals surface area contributed by atoms with Gasteiger partial charge in [-0.1, -0.05) is 56.3 Å². The predicted octanol–water partition coefficient (Wildman–Crippen LogP) is 5.88. The van der Waals surface area contributed by atoms with E-state index in [1.807, 2.05) is 24.3 Å². The molecule has 0 N–H and O–H groups in total. The van der Waals surface area contributed by atoms with Crippen LogP contribution in [0, 0.1) is 12.5 Å². The van der Waals surface area contributed by atoms with E-state index in [1.165, 1.54) is 21.9 Å². The molecule has 176 valence electrons. The Kier molecular flexibility index (Phi) is 20.5. The summed E-state index contributed by atoms with van der Waals surface area (Å²) in [5.74, 6) is 0. The molecular formula is C31H33O2Zr-3. The summed E-state index contributed by atoms with van der Waals surface area (Å²) >= 11 is 0. The van der Waals surface area contributed by atoms with E-state index in [2.05, 4.69) is 110 Å². The summed E-state index contributed by atoms with van der Waals surface area (Å²) in [5.41, 5.74) is 2.49. The van der Waals surface area contributed by atoms with Gasteiger partial charge in [0.05, 0.1) is 0 Å². The summed E-state index contributed by atoms with van der Waals surface area (Å²) in [4.78, 5) is 0. The second kappa shape index (κ2) is 22.2. The van der Waals surface area contributed by atoms with Crippen LogP contribution in [0.1, 0.15) is 31.4 Å². The Labute approximate surface area is 224 Å². The van der Waals surface area contributed by atoms with Crippen molar-refractivity contribution in [3.05, 3.63) is 145 Å². The largest absolute Gasteiger partial charge is 2.00 e. The van der Waals surface area contributed by atoms with Gasteiger partial charge in [0.1, 0.15) is 0 Å². The summed E-state index contributed by atoms with van der Waals surface area (Å²) < 4.78 is 0. The van der Waals surface area contributed by atoms with Crippen molar-refractivity contribution >= 4 is 10.8 Å². The van der Waals surface area contributed by atoms with Gasteiger partial charge < -0.3 is 10.2 Å². The van der Waals surface area contributed by atoms with Gasteiger partial charge >= 0.3 is 26.2 Å². The molecule has 3 heteroatoms. The Morgan fingerprint density at radius 2 is 1.26 bits per heavy atom. The second-order valence-corrected chi connectivity index (χ2v) is 6.70. The van der Waals surface area contributed by atoms with E-state index in [9.17, 15) is 0 Å². The van der Waals surface area contributed by atoms with Gasteiger partial charge in [-0.15, -0.1) is 91.1 Å². The van der Waals surface area contributed by atoms with Crippen molar-refractivity contribution in [3.63, 3.8) is 0 Å². The van der Waals surface area contributed by atoms with Gasteiger partial charge in [-0.3, -0.25) is 6.08 Å². The topological polar surface area (TPSA) is 46.1 Å². The van der Waals surface area contributed by atoms with Crippen LogP contribution >= 0.6 is 0 Å². The number of hydrogen-bond donors (Lipinski definition) is 0. The molecule has 0 spiro atoms. The van der Waals surface area contributed by atoms with E-state index in [0.29, 0.717) is 0 Å². The number of benzene rings is 3. The van der Waals surface area contributed by atoms with Crippen LogP contribution in [-0.2, 0) is 26.2 Å². The van der Waals surface area contributed by atoms with Crippen molar-refractivity contribution in [1.82, 2.24) is 0 Å². The van der Waals surface area contributed by atoms with Crippen molar-refractivity contribution in [2.45, 2.75) is 20.3 Å². The number of rotatable bonds is 2. The van der Waals surface area contributed by atoms with Crippen molar-refractivity contribution < 1.29 is 36.4 Å². The molecule has 0 saturated heterocycles. The molecule has 0 amide bonds. The van der Waals surface area contributed by atoms with E-state index in [1.54, 1.807) is 13.8 Å². The predicted molar refractivity (Wildman–Crippen MR) is 138 cm³/mol. The quantitative estimate of drug-likeness (QED) is 0.305. The van der Waals surface area contributed by atoms with Crippen LogP contribution in [-0.4, -0.2) is 13.2 Å². The first-order chi connectivity index (χ1) is 16.2. The normalized spacial score (nSPS) is 10.0. The van der Waals surface area contributed by atoms with Crippen LogP contribution in [0.4, 0.5) is 0 Å². The van der Waals surface area contributed by atoms with E-state index < -0.39 is 0 Å². The molecular weight excluding hydrogens is 496 g/mol. The number of allylic oxidation sites excluding steroid dienone is 4. The van der Waals surface area contributed by atoms with E-state index >= 15 is 0 Å². The maximum atomic E-state index is 8.93. The Morgan fingerprint density at radius 1 is 0.765 bits per heavy atom. The van der Waals surface area contributed by atoms with Gasteiger partial charge in [0.2, 0.25) is 0 Å². The molecule has 0 heterocycles. The fourth-order valence-electron chi connectivity index (χ4n) is 2.70. The molecule has 1 aliphatic rings. The van der Waals surface area contributed by atoms with Gasteiger partial charge in [-0.05, 0) is 0 Å². The fraction of sp³-hybridized carbons (Fsp3) is 0.161. The first kappa shape index (κ1) is 31.4. The van der Waals surface area contributed by atoms with Crippen molar-refractivity contribution in [1.29, 1.82) is 0 Å². The van der Waals surface area contributed by atoms with Gasteiger partial charge in [0, 0.05) is 0 Å². The molecule has 34 heavy (non-hydrogen) atoms. The number of hydrogen-bond acceptors (Lipinski definition) is 2. The molecule has 0 unspecified atom stereocenters. The van der Waals surface area contributed by atoms with Crippen LogP contribution in [0.2, 0.25) is 0 Å². The SMILES string of the molecule is CC[O-].CC[O-].[C-]1=CC=CC1.[Zr+2].c1ccc([CH-]c2ccccc2)cc1.c1ccc2[cH-]ccc2c1. The van der Waals surface area contributed by atoms with Crippen LogP contribution in [0.3, 0.4) is 0 Å². The van der Waals surface area contributed by atoms with E-state index in [-0.39, 0.29) is 39.4 Å². The molecule has 1 aliphatic carbocycles. The van der Waals surface area contributed by atoms with Crippen molar-refractivity contribution in [3.8, 4) is 0 Å². The van der Waals surface area contributed by atoms with Gasteiger partial charge in [0.25, 0.3) is 0 Å². The third-order valence-corrected chi connectivity index (χ3v) is 4.07. The van der Waals surface area contributed by atoms with Crippen LogP contribution in [0.25, 0.3) is 10.8 Å². The maximum Gasteiger partial charge on any atom is 2.00 e. The molecule has 2 nitrogen and oxygen atoms in total. The smallest absolute Gasteiger partial charge is 0.855 e. The first-order valence-electron chi connectivity index (χ1n) is 11.2. The summed E-state index contributed by atoms with van der Waals surface area (Å²) in [6.07, 6.45) is 12.2. The van der Waals surface area contributed by atoms with E-state index in [0.717, 1.165) is 6.42 Å². The van der Waals surface area contributed by atoms with Gasteiger partial charge in [0.15, 0.2) is 0 Å². The van der Waals surface area contributed by atoms with Gasteiger partial charge in [-0.2, -0.15) is 23.6 Å². The Bertz CT molecular complexity index is 925. The minimum Gasteiger partial charge on any atom is -0.855 e. The zero-order chi connectivity index (χ0) is 24.0. The molecule has 0 aliphatic heterocycles. The molecule has 4 aromatic rings. The van der Waals surface area contributed by atoms with Gasteiger partial charge in [-0.25, -0.2) is 12.2 Å². The monoisotopic (exact) mass is 527 g/mol. The summed E-state index contributed by atoms with van der Waals surface area (Å²) in [6, 6.07) is 35.3. The third kappa shape index (κ3) is 15.3. The zero-order valence-corrected chi connectivity index (χ0v) is 22.5. The molecule has 4 aromatic carbocycles. The molecule has 5 rings (SSSR count). The Morgan fingerprint density at radius 3 is 1.68 bits per heavy atom. The molecule has 0 saturated carbocycles. The molecule has 0 fully saturated rings. The van der Waals surface area contributed by atoms with Crippen LogP contribution < -0.4 is 10.2 Å². The molecule has 0 bridgehead atoms. The Hall–Kier alpha value is -2.58. The summed E-state index contributed by atoms with van der Waals surface area (Å²) in [7, 11) is 0. The molecule has 0 aromatic heterocycles. The van der Waals surface area contributed by atoms with Crippen LogP contribution in [0.15, 0.2) is 121 Å². The standard InChI is InChI=1S/C13H11.C9H7.C5H5.2C2H5O.Zr/c1-3-7-12(8-4-1)11-13-9-5-2-6-10-13;1-2-5-9-7-3-6-8(9)4-1;1-2-4-5-3-1;2*1-2-3;/h1-11H;1-7H;1-3H,4H2;2*2H2,1H3;/q5*-1;+2. The average molecular weight is 529 g/mol. The van der Waals surface area contributed by atoms with Crippen LogP contribution in [0.5, 0.6) is 0 Å². The second-order valence-electron chi connectivity index (χ2n) is 6.70. The molecule has 0 atom stereocenters. The maximum absolute atomic E-state index is 8.93. The van der Waals surface area contributed by atoms with E-state index in [4.69, 9.17) is 10.2 Å². The average Bonchev–Trinajstić information content (AvgIpc) is 3.57. The fourth-order valence-corrected chi connectivity index (χ4v) is 2.70. The third-order valence-electron chi connectivity index (χ3n) is 4.07. The Balaban J connectivity index is 0.000000451.